The van der Waals surface area contributed by atoms with Crippen molar-refractivity contribution in [2.75, 3.05) is 0 Å². The van der Waals surface area contributed by atoms with E-state index in [4.69, 9.17) is 0 Å². The highest BCUT2D eigenvalue weighted by molar-refractivity contribution is 5.52. The Morgan fingerprint density at radius 1 is 0.947 bits per heavy atom. The number of carbonyl (C=O) groups is 2. The summed E-state index contributed by atoms with van der Waals surface area (Å²) in [5.41, 5.74) is 2.25. The zero-order chi connectivity index (χ0) is 14.7. The van der Waals surface area contributed by atoms with Crippen LogP contribution in [-0.4, -0.2) is 12.8 Å². The Morgan fingerprint density at radius 3 is 2.00 bits per heavy atom. The van der Waals surface area contributed by atoms with Gasteiger partial charge in [-0.1, -0.05) is 18.2 Å². The molecular weight excluding hydrogens is 240 g/mol. The fourth-order valence-electron chi connectivity index (χ4n) is 2.14. The molecule has 2 amide bonds. The third-order valence-electron chi connectivity index (χ3n) is 3.47. The van der Waals surface area contributed by atoms with E-state index in [1.165, 1.54) is 0 Å². The van der Waals surface area contributed by atoms with Crippen LogP contribution in [0.15, 0.2) is 18.2 Å². The molecule has 0 aliphatic carbocycles. The van der Waals surface area contributed by atoms with Crippen LogP contribution in [-0.2, 0) is 20.7 Å². The van der Waals surface area contributed by atoms with Gasteiger partial charge in [0, 0.05) is 0 Å². The minimum absolute atomic E-state index is 0.443. The van der Waals surface area contributed by atoms with E-state index in [0.29, 0.717) is 12.8 Å². The van der Waals surface area contributed by atoms with E-state index in [1.807, 2.05) is 52.8 Å². The van der Waals surface area contributed by atoms with Gasteiger partial charge in [-0.3, -0.25) is 9.59 Å². The maximum Gasteiger partial charge on any atom is 0.207 e. The molecular formula is C15H22N2O2. The first-order valence-corrected chi connectivity index (χ1v) is 6.29. The van der Waals surface area contributed by atoms with Crippen LogP contribution in [0.3, 0.4) is 0 Å². The third kappa shape index (κ3) is 3.34. The van der Waals surface area contributed by atoms with Gasteiger partial charge >= 0.3 is 0 Å². The smallest absolute Gasteiger partial charge is 0.207 e. The molecule has 2 N–H and O–H groups in total. The predicted molar refractivity (Wildman–Crippen MR) is 75.6 cm³/mol. The number of aryl methyl sites for hydroxylation is 1. The van der Waals surface area contributed by atoms with Gasteiger partial charge in [0.25, 0.3) is 0 Å². The van der Waals surface area contributed by atoms with E-state index in [9.17, 15) is 9.59 Å². The number of hydrogen-bond donors (Lipinski definition) is 2. The Kier molecular flexibility index (Phi) is 4.35. The van der Waals surface area contributed by atoms with Gasteiger partial charge in [-0.2, -0.15) is 0 Å². The van der Waals surface area contributed by atoms with Crippen molar-refractivity contribution in [3.63, 3.8) is 0 Å². The number of benzene rings is 1. The Morgan fingerprint density at radius 2 is 1.47 bits per heavy atom. The summed E-state index contributed by atoms with van der Waals surface area (Å²) in [6.45, 7) is 9.79. The predicted octanol–water partition coefficient (Wildman–Crippen LogP) is 1.96. The van der Waals surface area contributed by atoms with Crippen molar-refractivity contribution in [1.29, 1.82) is 0 Å². The van der Waals surface area contributed by atoms with Crippen LogP contribution < -0.4 is 10.6 Å². The van der Waals surface area contributed by atoms with Crippen molar-refractivity contribution in [3.8, 4) is 0 Å². The second-order valence-corrected chi connectivity index (χ2v) is 5.80. The molecule has 1 aromatic carbocycles. The highest BCUT2D eigenvalue weighted by Crippen LogP contribution is 2.28. The van der Waals surface area contributed by atoms with Crippen LogP contribution in [0.4, 0.5) is 0 Å². The second-order valence-electron chi connectivity index (χ2n) is 5.80. The van der Waals surface area contributed by atoms with Gasteiger partial charge < -0.3 is 10.6 Å². The molecule has 0 spiro atoms. The molecule has 0 saturated heterocycles. The average molecular weight is 262 g/mol. The van der Waals surface area contributed by atoms with Crippen LogP contribution >= 0.6 is 0 Å². The minimum Gasteiger partial charge on any atom is -0.350 e. The highest BCUT2D eigenvalue weighted by atomic mass is 16.1. The summed E-state index contributed by atoms with van der Waals surface area (Å²) in [6.07, 6.45) is 1.41. The van der Waals surface area contributed by atoms with Crippen LogP contribution in [0.25, 0.3) is 0 Å². The summed E-state index contributed by atoms with van der Waals surface area (Å²) in [5, 5.41) is 5.62. The number of amides is 2. The fraction of sp³-hybridized carbons (Fsp3) is 0.467. The molecule has 0 saturated carbocycles. The maximum atomic E-state index is 10.7. The number of hydrogen-bond acceptors (Lipinski definition) is 2. The Balaban J connectivity index is 3.28. The first kappa shape index (κ1) is 15.2. The second kappa shape index (κ2) is 5.43. The van der Waals surface area contributed by atoms with E-state index in [1.54, 1.807) is 0 Å². The molecule has 4 nitrogen and oxygen atoms in total. The topological polar surface area (TPSA) is 58.2 Å². The van der Waals surface area contributed by atoms with Gasteiger partial charge in [0.1, 0.15) is 0 Å². The van der Waals surface area contributed by atoms with Crippen LogP contribution in [0.1, 0.15) is 44.4 Å². The highest BCUT2D eigenvalue weighted by Gasteiger charge is 2.25. The van der Waals surface area contributed by atoms with E-state index in [0.717, 1.165) is 16.7 Å². The first-order valence-electron chi connectivity index (χ1n) is 6.29. The van der Waals surface area contributed by atoms with Gasteiger partial charge in [0.05, 0.1) is 11.1 Å². The third-order valence-corrected chi connectivity index (χ3v) is 3.47. The number of nitrogens with one attached hydrogen (secondary N) is 2. The largest absolute Gasteiger partial charge is 0.350 e. The van der Waals surface area contributed by atoms with Gasteiger partial charge in [-0.15, -0.1) is 0 Å². The monoisotopic (exact) mass is 262 g/mol. The SMILES string of the molecule is Cc1ccc(C(C)(C)NC=O)cc1C(C)(C)NC=O. The number of rotatable bonds is 6. The summed E-state index contributed by atoms with van der Waals surface area (Å²) in [4.78, 5) is 21.4. The van der Waals surface area contributed by atoms with Gasteiger partial charge in [-0.25, -0.2) is 0 Å². The zero-order valence-electron chi connectivity index (χ0n) is 12.2. The summed E-state index contributed by atoms with van der Waals surface area (Å²) in [6, 6.07) is 6.03. The molecule has 1 rings (SSSR count). The maximum absolute atomic E-state index is 10.7. The van der Waals surface area contributed by atoms with Gasteiger partial charge in [-0.05, 0) is 51.3 Å². The zero-order valence-corrected chi connectivity index (χ0v) is 12.2. The molecule has 4 heteroatoms. The lowest BCUT2D eigenvalue weighted by Gasteiger charge is -2.30. The van der Waals surface area contributed by atoms with Crippen molar-refractivity contribution < 1.29 is 9.59 Å². The lowest BCUT2D eigenvalue weighted by Crippen LogP contribution is -2.38. The van der Waals surface area contributed by atoms with Crippen LogP contribution in [0, 0.1) is 6.92 Å². The van der Waals surface area contributed by atoms with E-state index in [-0.39, 0.29) is 0 Å². The Bertz CT molecular complexity index is 479. The van der Waals surface area contributed by atoms with E-state index >= 15 is 0 Å². The Hall–Kier alpha value is -1.84. The van der Waals surface area contributed by atoms with Crippen molar-refractivity contribution in [2.45, 2.75) is 45.7 Å². The molecule has 0 aliphatic rings. The average Bonchev–Trinajstić information content (AvgIpc) is 2.28. The molecule has 0 atom stereocenters. The summed E-state index contributed by atoms with van der Waals surface area (Å²) < 4.78 is 0. The van der Waals surface area contributed by atoms with Crippen molar-refractivity contribution in [3.05, 3.63) is 34.9 Å². The standard InChI is InChI=1S/C15H22N2O2/c1-11-6-7-12(14(2,3)16-9-18)8-13(11)15(4,5)17-10-19/h6-10H,1-5H3,(H,16,18)(H,17,19). The minimum atomic E-state index is -0.445. The molecule has 0 bridgehead atoms. The van der Waals surface area contributed by atoms with Crippen molar-refractivity contribution in [2.24, 2.45) is 0 Å². The van der Waals surface area contributed by atoms with Gasteiger partial charge in [0.15, 0.2) is 0 Å². The quantitative estimate of drug-likeness (QED) is 0.770. The van der Waals surface area contributed by atoms with Crippen molar-refractivity contribution >= 4 is 12.8 Å². The molecule has 104 valence electrons. The molecule has 0 aromatic heterocycles. The summed E-state index contributed by atoms with van der Waals surface area (Å²) in [5.74, 6) is 0. The fourth-order valence-corrected chi connectivity index (χ4v) is 2.14. The molecule has 19 heavy (non-hydrogen) atoms. The van der Waals surface area contributed by atoms with Gasteiger partial charge in [0.2, 0.25) is 12.8 Å². The summed E-state index contributed by atoms with van der Waals surface area (Å²) in [7, 11) is 0. The van der Waals surface area contributed by atoms with Crippen LogP contribution in [0.5, 0.6) is 0 Å². The lowest BCUT2D eigenvalue weighted by molar-refractivity contribution is -0.111. The van der Waals surface area contributed by atoms with E-state index < -0.39 is 11.1 Å². The normalized spacial score (nSPS) is 11.8. The molecule has 0 heterocycles. The molecule has 0 aliphatic heterocycles. The number of carbonyl (C=O) groups excluding carboxylic acids is 2. The van der Waals surface area contributed by atoms with E-state index in [2.05, 4.69) is 10.6 Å². The van der Waals surface area contributed by atoms with Crippen LogP contribution in [0.2, 0.25) is 0 Å². The molecule has 1 aromatic rings. The molecule has 0 fully saturated rings. The first-order chi connectivity index (χ1) is 8.74. The molecule has 0 radical (unpaired) electrons. The van der Waals surface area contributed by atoms with Crippen molar-refractivity contribution in [1.82, 2.24) is 10.6 Å². The lowest BCUT2D eigenvalue weighted by atomic mass is 9.85. The molecule has 0 unspecified atom stereocenters. The Labute approximate surface area is 114 Å². The summed E-state index contributed by atoms with van der Waals surface area (Å²) >= 11 is 0.